The highest BCUT2D eigenvalue weighted by Gasteiger charge is 2.20. The Morgan fingerprint density at radius 3 is 2.70 bits per heavy atom. The first-order valence-corrected chi connectivity index (χ1v) is 5.47. The SMILES string of the molecule is CNc1ccc([N+](=O)[O-])c(Oc2cc(F)ccc2F)n1. The molecule has 0 atom stereocenters. The molecule has 2 rings (SSSR count). The lowest BCUT2D eigenvalue weighted by Gasteiger charge is -2.08. The molecular formula is C12H9F2N3O3. The molecule has 0 aliphatic heterocycles. The first-order chi connectivity index (χ1) is 9.51. The lowest BCUT2D eigenvalue weighted by Crippen LogP contribution is -2.00. The van der Waals surface area contributed by atoms with Crippen molar-refractivity contribution in [2.45, 2.75) is 0 Å². The molecule has 0 aliphatic rings. The molecule has 0 radical (unpaired) electrons. The van der Waals surface area contributed by atoms with E-state index in [1.807, 2.05) is 0 Å². The van der Waals surface area contributed by atoms with Gasteiger partial charge in [-0.25, -0.2) is 8.78 Å². The van der Waals surface area contributed by atoms with E-state index in [0.29, 0.717) is 5.82 Å². The quantitative estimate of drug-likeness (QED) is 0.688. The van der Waals surface area contributed by atoms with Gasteiger partial charge in [-0.15, -0.1) is 0 Å². The van der Waals surface area contributed by atoms with E-state index >= 15 is 0 Å². The van der Waals surface area contributed by atoms with Gasteiger partial charge in [0.1, 0.15) is 11.6 Å². The summed E-state index contributed by atoms with van der Waals surface area (Å²) in [4.78, 5) is 14.0. The van der Waals surface area contributed by atoms with Crippen molar-refractivity contribution in [2.75, 3.05) is 12.4 Å². The standard InChI is InChI=1S/C12H9F2N3O3/c1-15-11-5-4-9(17(18)19)12(16-11)20-10-6-7(13)2-3-8(10)14/h2-6H,1H3,(H,15,16). The molecule has 1 aromatic heterocycles. The van der Waals surface area contributed by atoms with Gasteiger partial charge < -0.3 is 10.1 Å². The molecule has 20 heavy (non-hydrogen) atoms. The third-order valence-electron chi connectivity index (χ3n) is 2.39. The summed E-state index contributed by atoms with van der Waals surface area (Å²) in [5.74, 6) is -2.19. The molecule has 0 bridgehead atoms. The maximum atomic E-state index is 13.5. The maximum absolute atomic E-state index is 13.5. The minimum atomic E-state index is -0.850. The zero-order chi connectivity index (χ0) is 14.7. The molecule has 1 N–H and O–H groups in total. The number of nitro groups is 1. The fourth-order valence-electron chi connectivity index (χ4n) is 1.45. The smallest absolute Gasteiger partial charge is 0.331 e. The van der Waals surface area contributed by atoms with E-state index in [0.717, 1.165) is 24.3 Å². The van der Waals surface area contributed by atoms with Crippen molar-refractivity contribution >= 4 is 11.5 Å². The van der Waals surface area contributed by atoms with Gasteiger partial charge >= 0.3 is 11.6 Å². The van der Waals surface area contributed by atoms with E-state index in [-0.39, 0.29) is 0 Å². The summed E-state index contributed by atoms with van der Waals surface area (Å²) < 4.78 is 31.5. The number of hydrogen-bond acceptors (Lipinski definition) is 5. The minimum absolute atomic E-state index is 0.294. The third kappa shape index (κ3) is 2.79. The van der Waals surface area contributed by atoms with Crippen molar-refractivity contribution in [3.8, 4) is 11.6 Å². The Bertz CT molecular complexity index is 664. The number of aromatic nitrogens is 1. The predicted octanol–water partition coefficient (Wildman–Crippen LogP) is 3.10. The lowest BCUT2D eigenvalue weighted by atomic mass is 10.3. The maximum Gasteiger partial charge on any atom is 0.331 e. The summed E-state index contributed by atoms with van der Waals surface area (Å²) in [6.45, 7) is 0. The fraction of sp³-hybridized carbons (Fsp3) is 0.0833. The fourth-order valence-corrected chi connectivity index (χ4v) is 1.45. The predicted molar refractivity (Wildman–Crippen MR) is 66.9 cm³/mol. The summed E-state index contributed by atoms with van der Waals surface area (Å²) in [5, 5.41) is 13.5. The van der Waals surface area contributed by atoms with E-state index in [2.05, 4.69) is 10.3 Å². The molecule has 104 valence electrons. The normalized spacial score (nSPS) is 10.2. The van der Waals surface area contributed by atoms with Crippen LogP contribution in [-0.4, -0.2) is 17.0 Å². The number of ether oxygens (including phenoxy) is 1. The van der Waals surface area contributed by atoms with Crippen LogP contribution >= 0.6 is 0 Å². The van der Waals surface area contributed by atoms with Crippen LogP contribution in [0.15, 0.2) is 30.3 Å². The van der Waals surface area contributed by atoms with Gasteiger partial charge in [-0.2, -0.15) is 4.98 Å². The van der Waals surface area contributed by atoms with Crippen LogP contribution in [0.25, 0.3) is 0 Å². The summed E-state index contributed by atoms with van der Waals surface area (Å²) in [5.41, 5.74) is -0.451. The second-order valence-corrected chi connectivity index (χ2v) is 3.70. The van der Waals surface area contributed by atoms with E-state index in [4.69, 9.17) is 4.74 Å². The number of anilines is 1. The van der Waals surface area contributed by atoms with E-state index in [1.54, 1.807) is 7.05 Å². The second kappa shape index (κ2) is 5.47. The van der Waals surface area contributed by atoms with Gasteiger partial charge in [0.15, 0.2) is 11.6 Å². The van der Waals surface area contributed by atoms with Crippen LogP contribution in [0.5, 0.6) is 11.6 Å². The minimum Gasteiger partial charge on any atom is -0.430 e. The van der Waals surface area contributed by atoms with E-state index in [9.17, 15) is 18.9 Å². The van der Waals surface area contributed by atoms with Crippen molar-refractivity contribution in [2.24, 2.45) is 0 Å². The highest BCUT2D eigenvalue weighted by molar-refractivity contribution is 5.50. The van der Waals surface area contributed by atoms with Gasteiger partial charge in [0, 0.05) is 19.2 Å². The van der Waals surface area contributed by atoms with Gasteiger partial charge in [-0.3, -0.25) is 10.1 Å². The van der Waals surface area contributed by atoms with Crippen LogP contribution in [0.1, 0.15) is 0 Å². The zero-order valence-corrected chi connectivity index (χ0v) is 10.3. The molecule has 2 aromatic rings. The molecule has 6 nitrogen and oxygen atoms in total. The molecule has 1 heterocycles. The largest absolute Gasteiger partial charge is 0.430 e. The van der Waals surface area contributed by atoms with Crippen molar-refractivity contribution in [1.29, 1.82) is 0 Å². The van der Waals surface area contributed by atoms with Crippen molar-refractivity contribution in [3.05, 3.63) is 52.1 Å². The number of nitrogens with zero attached hydrogens (tertiary/aromatic N) is 2. The summed E-state index contributed by atoms with van der Waals surface area (Å²) in [6.07, 6.45) is 0. The van der Waals surface area contributed by atoms with Crippen molar-refractivity contribution < 1.29 is 18.4 Å². The van der Waals surface area contributed by atoms with E-state index < -0.39 is 33.9 Å². The Morgan fingerprint density at radius 2 is 2.05 bits per heavy atom. The Kier molecular flexibility index (Phi) is 3.74. The van der Waals surface area contributed by atoms with Crippen molar-refractivity contribution in [3.63, 3.8) is 0 Å². The first-order valence-electron chi connectivity index (χ1n) is 5.47. The van der Waals surface area contributed by atoms with Gasteiger partial charge in [0.2, 0.25) is 0 Å². The molecule has 0 spiro atoms. The van der Waals surface area contributed by atoms with E-state index in [1.165, 1.54) is 6.07 Å². The number of nitrogens with one attached hydrogen (secondary N) is 1. The Hall–Kier alpha value is -2.77. The lowest BCUT2D eigenvalue weighted by molar-refractivity contribution is -0.386. The van der Waals surface area contributed by atoms with Crippen LogP contribution in [0.4, 0.5) is 20.3 Å². The molecule has 8 heteroatoms. The zero-order valence-electron chi connectivity index (χ0n) is 10.3. The van der Waals surface area contributed by atoms with Crippen LogP contribution in [-0.2, 0) is 0 Å². The molecule has 0 aliphatic carbocycles. The highest BCUT2D eigenvalue weighted by atomic mass is 19.1. The van der Waals surface area contributed by atoms with Gasteiger partial charge in [-0.1, -0.05) is 0 Å². The number of rotatable bonds is 4. The van der Waals surface area contributed by atoms with Crippen molar-refractivity contribution in [1.82, 2.24) is 4.98 Å². The number of benzene rings is 1. The molecule has 0 unspecified atom stereocenters. The summed E-state index contributed by atoms with van der Waals surface area (Å²) >= 11 is 0. The van der Waals surface area contributed by atoms with Gasteiger partial charge in [0.25, 0.3) is 0 Å². The molecule has 0 amide bonds. The Labute approximate surface area is 112 Å². The van der Waals surface area contributed by atoms with Crippen LogP contribution in [0, 0.1) is 21.7 Å². The van der Waals surface area contributed by atoms with Crippen LogP contribution in [0.3, 0.4) is 0 Å². The average Bonchev–Trinajstić information content (AvgIpc) is 2.42. The third-order valence-corrected chi connectivity index (χ3v) is 2.39. The van der Waals surface area contributed by atoms with Crippen LogP contribution in [0.2, 0.25) is 0 Å². The number of pyridine rings is 1. The highest BCUT2D eigenvalue weighted by Crippen LogP contribution is 2.32. The van der Waals surface area contributed by atoms with Crippen LogP contribution < -0.4 is 10.1 Å². The Morgan fingerprint density at radius 1 is 1.30 bits per heavy atom. The summed E-state index contributed by atoms with van der Waals surface area (Å²) in [7, 11) is 1.56. The number of hydrogen-bond donors (Lipinski definition) is 1. The molecule has 0 fully saturated rings. The average molecular weight is 281 g/mol. The number of halogens is 2. The molecule has 0 saturated heterocycles. The molecular weight excluding hydrogens is 272 g/mol. The Balaban J connectivity index is 2.45. The molecule has 0 saturated carbocycles. The van der Waals surface area contributed by atoms with Gasteiger partial charge in [-0.05, 0) is 18.2 Å². The first kappa shape index (κ1) is 13.7. The van der Waals surface area contributed by atoms with Gasteiger partial charge in [0.05, 0.1) is 4.92 Å². The molecule has 1 aromatic carbocycles. The summed E-state index contributed by atoms with van der Waals surface area (Å²) in [6, 6.07) is 5.08. The monoisotopic (exact) mass is 281 g/mol. The second-order valence-electron chi connectivity index (χ2n) is 3.70. The topological polar surface area (TPSA) is 77.3 Å².